The van der Waals surface area contributed by atoms with Crippen molar-refractivity contribution in [3.8, 4) is 0 Å². The lowest BCUT2D eigenvalue weighted by Crippen LogP contribution is -2.36. The van der Waals surface area contributed by atoms with Crippen molar-refractivity contribution in [2.24, 2.45) is 0 Å². The molecule has 2 aliphatic heterocycles. The summed E-state index contributed by atoms with van der Waals surface area (Å²) in [5, 5.41) is 2.69. The Morgan fingerprint density at radius 1 is 0.844 bits per heavy atom. The number of hydrogen-bond donors (Lipinski definition) is 1. The largest absolute Gasteiger partial charge is 0.370 e. The van der Waals surface area contributed by atoms with Crippen LogP contribution in [0.15, 0.2) is 41.3 Å². The second kappa shape index (κ2) is 9.54. The zero-order valence-corrected chi connectivity index (χ0v) is 18.6. The molecule has 0 bridgehead atoms. The number of sulfonamides is 1. The van der Waals surface area contributed by atoms with Crippen LogP contribution in [-0.4, -0.2) is 44.8 Å². The van der Waals surface area contributed by atoms with Gasteiger partial charge in [0.15, 0.2) is 0 Å². The van der Waals surface area contributed by atoms with Crippen molar-refractivity contribution in [2.45, 2.75) is 43.4 Å². The number of carbonyl (C=O) groups is 1. The van der Waals surface area contributed by atoms with Crippen LogP contribution in [0.4, 0.5) is 20.2 Å². The fourth-order valence-electron chi connectivity index (χ4n) is 4.30. The first-order valence-electron chi connectivity index (χ1n) is 11.0. The summed E-state index contributed by atoms with van der Waals surface area (Å²) >= 11 is 0. The van der Waals surface area contributed by atoms with E-state index in [1.807, 2.05) is 0 Å². The Labute approximate surface area is 187 Å². The van der Waals surface area contributed by atoms with Gasteiger partial charge in [-0.2, -0.15) is 4.31 Å². The van der Waals surface area contributed by atoms with Crippen molar-refractivity contribution in [2.75, 3.05) is 36.4 Å². The topological polar surface area (TPSA) is 69.7 Å². The molecule has 0 unspecified atom stereocenters. The normalized spacial score (nSPS) is 17.9. The van der Waals surface area contributed by atoms with Gasteiger partial charge in [0, 0.05) is 31.7 Å². The van der Waals surface area contributed by atoms with Crippen LogP contribution < -0.4 is 10.2 Å². The molecule has 2 heterocycles. The van der Waals surface area contributed by atoms with E-state index >= 15 is 0 Å². The van der Waals surface area contributed by atoms with E-state index in [1.165, 1.54) is 22.5 Å². The molecule has 0 radical (unpaired) electrons. The number of nitrogens with one attached hydrogen (secondary N) is 1. The zero-order chi connectivity index (χ0) is 22.7. The van der Waals surface area contributed by atoms with Crippen molar-refractivity contribution in [1.82, 2.24) is 4.31 Å². The Morgan fingerprint density at radius 3 is 2.19 bits per heavy atom. The molecule has 1 amide bonds. The molecular formula is C23H27F2N3O3S. The molecule has 0 aromatic heterocycles. The summed E-state index contributed by atoms with van der Waals surface area (Å²) < 4.78 is 55.6. The van der Waals surface area contributed by atoms with Gasteiger partial charge in [-0.05, 0) is 68.5 Å². The van der Waals surface area contributed by atoms with Crippen molar-refractivity contribution in [1.29, 1.82) is 0 Å². The Morgan fingerprint density at radius 2 is 1.50 bits per heavy atom. The van der Waals surface area contributed by atoms with E-state index in [0.29, 0.717) is 24.5 Å². The number of carbonyl (C=O) groups excluding carboxylic acids is 1. The Kier molecular flexibility index (Phi) is 6.76. The number of piperidine rings is 2. The van der Waals surface area contributed by atoms with Gasteiger partial charge < -0.3 is 10.2 Å². The molecule has 2 aromatic carbocycles. The van der Waals surface area contributed by atoms with Crippen molar-refractivity contribution < 1.29 is 22.0 Å². The van der Waals surface area contributed by atoms with Crippen LogP contribution in [0.2, 0.25) is 0 Å². The van der Waals surface area contributed by atoms with Gasteiger partial charge in [0.05, 0.1) is 11.4 Å². The van der Waals surface area contributed by atoms with Gasteiger partial charge in [0.1, 0.15) is 16.5 Å². The minimum Gasteiger partial charge on any atom is -0.370 e. The van der Waals surface area contributed by atoms with E-state index in [0.717, 1.165) is 63.7 Å². The maximum absolute atomic E-state index is 14.5. The molecule has 172 valence electrons. The minimum atomic E-state index is -4.04. The number of rotatable bonds is 5. The van der Waals surface area contributed by atoms with Crippen LogP contribution in [0, 0.1) is 11.6 Å². The third-order valence-corrected chi connectivity index (χ3v) is 7.94. The van der Waals surface area contributed by atoms with Crippen LogP contribution >= 0.6 is 0 Å². The Bertz CT molecular complexity index is 1100. The van der Waals surface area contributed by atoms with E-state index in [1.54, 1.807) is 6.07 Å². The van der Waals surface area contributed by atoms with Crippen LogP contribution in [0.1, 0.15) is 48.9 Å². The molecule has 9 heteroatoms. The average molecular weight is 464 g/mol. The first-order chi connectivity index (χ1) is 15.4. The van der Waals surface area contributed by atoms with E-state index in [-0.39, 0.29) is 5.56 Å². The highest BCUT2D eigenvalue weighted by Gasteiger charge is 2.29. The summed E-state index contributed by atoms with van der Waals surface area (Å²) in [6, 6.07) is 7.52. The average Bonchev–Trinajstić information content (AvgIpc) is 2.80. The molecule has 1 N–H and O–H groups in total. The van der Waals surface area contributed by atoms with E-state index in [4.69, 9.17) is 0 Å². The summed E-state index contributed by atoms with van der Waals surface area (Å²) in [5.41, 5.74) is 1.01. The van der Waals surface area contributed by atoms with Crippen molar-refractivity contribution in [3.05, 3.63) is 53.6 Å². The first kappa shape index (κ1) is 22.7. The Hall–Kier alpha value is -2.52. The van der Waals surface area contributed by atoms with Crippen LogP contribution in [0.3, 0.4) is 0 Å². The predicted octanol–water partition coefficient (Wildman–Crippen LogP) is 4.38. The fraction of sp³-hybridized carbons (Fsp3) is 0.435. The molecule has 2 aromatic rings. The monoisotopic (exact) mass is 463 g/mol. The maximum atomic E-state index is 14.5. The lowest BCUT2D eigenvalue weighted by atomic mass is 10.1. The molecule has 6 nitrogen and oxygen atoms in total. The highest BCUT2D eigenvalue weighted by atomic mass is 32.2. The standard InChI is InChI=1S/C23H27F2N3O3S/c24-18-8-10-21(27-11-3-1-4-12-27)20(16-18)26-23(29)17-7-9-19(25)22(15-17)32(30,31)28-13-5-2-6-14-28/h7-10,15-16H,1-6,11-14H2,(H,26,29). The molecule has 2 aliphatic rings. The van der Waals surface area contributed by atoms with Gasteiger partial charge in [0.2, 0.25) is 10.0 Å². The molecule has 0 aliphatic carbocycles. The number of halogens is 2. The van der Waals surface area contributed by atoms with Gasteiger partial charge in [-0.15, -0.1) is 0 Å². The summed E-state index contributed by atoms with van der Waals surface area (Å²) in [6.07, 6.45) is 5.54. The number of amides is 1. The molecule has 0 spiro atoms. The van der Waals surface area contributed by atoms with E-state index in [2.05, 4.69) is 10.2 Å². The highest BCUT2D eigenvalue weighted by molar-refractivity contribution is 7.89. The molecule has 2 saturated heterocycles. The number of hydrogen-bond acceptors (Lipinski definition) is 4. The van der Waals surface area contributed by atoms with E-state index in [9.17, 15) is 22.0 Å². The summed E-state index contributed by atoms with van der Waals surface area (Å²) in [6.45, 7) is 2.29. The van der Waals surface area contributed by atoms with Gasteiger partial charge in [-0.25, -0.2) is 17.2 Å². The lowest BCUT2D eigenvalue weighted by molar-refractivity contribution is 0.102. The second-order valence-corrected chi connectivity index (χ2v) is 10.2. The van der Waals surface area contributed by atoms with Gasteiger partial charge in [-0.3, -0.25) is 4.79 Å². The Balaban J connectivity index is 1.61. The fourth-order valence-corrected chi connectivity index (χ4v) is 5.91. The molecule has 4 rings (SSSR count). The maximum Gasteiger partial charge on any atom is 0.255 e. The smallest absolute Gasteiger partial charge is 0.255 e. The quantitative estimate of drug-likeness (QED) is 0.715. The first-order valence-corrected chi connectivity index (χ1v) is 12.5. The summed E-state index contributed by atoms with van der Waals surface area (Å²) in [5.74, 6) is -2.01. The molecule has 2 fully saturated rings. The third kappa shape index (κ3) is 4.78. The predicted molar refractivity (Wildman–Crippen MR) is 119 cm³/mol. The second-order valence-electron chi connectivity index (χ2n) is 8.27. The molecule has 32 heavy (non-hydrogen) atoms. The molecular weight excluding hydrogens is 436 g/mol. The minimum absolute atomic E-state index is 0.00385. The van der Waals surface area contributed by atoms with Crippen molar-refractivity contribution in [3.63, 3.8) is 0 Å². The number of anilines is 2. The van der Waals surface area contributed by atoms with Crippen LogP contribution in [0.5, 0.6) is 0 Å². The number of benzene rings is 2. The lowest BCUT2D eigenvalue weighted by Gasteiger charge is -2.30. The van der Waals surface area contributed by atoms with Gasteiger partial charge in [-0.1, -0.05) is 6.42 Å². The molecule has 0 atom stereocenters. The van der Waals surface area contributed by atoms with Gasteiger partial charge >= 0.3 is 0 Å². The van der Waals surface area contributed by atoms with Crippen molar-refractivity contribution >= 4 is 27.3 Å². The van der Waals surface area contributed by atoms with Crippen LogP contribution in [0.25, 0.3) is 0 Å². The SMILES string of the molecule is O=C(Nc1cc(F)ccc1N1CCCCC1)c1ccc(F)c(S(=O)(=O)N2CCCCC2)c1. The summed E-state index contributed by atoms with van der Waals surface area (Å²) in [4.78, 5) is 14.5. The zero-order valence-electron chi connectivity index (χ0n) is 17.8. The number of nitrogens with zero attached hydrogens (tertiary/aromatic N) is 2. The van der Waals surface area contributed by atoms with Gasteiger partial charge in [0.25, 0.3) is 5.91 Å². The highest BCUT2D eigenvalue weighted by Crippen LogP contribution is 2.30. The molecule has 0 saturated carbocycles. The van der Waals surface area contributed by atoms with E-state index < -0.39 is 32.5 Å². The summed E-state index contributed by atoms with van der Waals surface area (Å²) in [7, 11) is -4.04. The van der Waals surface area contributed by atoms with Crippen LogP contribution in [-0.2, 0) is 10.0 Å². The third-order valence-electron chi connectivity index (χ3n) is 6.03.